The zero-order chi connectivity index (χ0) is 9.68. The quantitative estimate of drug-likeness (QED) is 0.696. The van der Waals surface area contributed by atoms with E-state index < -0.39 is 0 Å². The first-order valence-corrected chi connectivity index (χ1v) is 4.49. The van der Waals surface area contributed by atoms with E-state index in [4.69, 9.17) is 21.1 Å². The number of alkyl halides is 1. The van der Waals surface area contributed by atoms with Crippen LogP contribution < -0.4 is 4.74 Å². The van der Waals surface area contributed by atoms with Crippen LogP contribution in [0.4, 0.5) is 0 Å². The highest BCUT2D eigenvalue weighted by Crippen LogP contribution is 2.15. The highest BCUT2D eigenvalue weighted by molar-refractivity contribution is 6.19. The van der Waals surface area contributed by atoms with Crippen molar-refractivity contribution in [3.8, 4) is 5.75 Å². The van der Waals surface area contributed by atoms with Crippen LogP contribution in [0.25, 0.3) is 0 Å². The molecular weight excluding hydrogens is 188 g/mol. The summed E-state index contributed by atoms with van der Waals surface area (Å²) in [7, 11) is 3.24. The SMILES string of the molecule is COc1cccc(CC(Cl)OC)c1. The van der Waals surface area contributed by atoms with Crippen LogP contribution in [-0.2, 0) is 11.2 Å². The molecule has 0 amide bonds. The van der Waals surface area contributed by atoms with E-state index in [9.17, 15) is 0 Å². The minimum Gasteiger partial charge on any atom is -0.497 e. The van der Waals surface area contributed by atoms with Crippen molar-refractivity contribution in [1.82, 2.24) is 0 Å². The minimum absolute atomic E-state index is 0.271. The van der Waals surface area contributed by atoms with E-state index in [0.29, 0.717) is 6.42 Å². The molecule has 3 heteroatoms. The average molecular weight is 201 g/mol. The first-order valence-electron chi connectivity index (χ1n) is 4.06. The lowest BCUT2D eigenvalue weighted by Gasteiger charge is -2.08. The number of halogens is 1. The molecule has 1 atom stereocenters. The monoisotopic (exact) mass is 200 g/mol. The molecule has 0 saturated heterocycles. The number of hydrogen-bond donors (Lipinski definition) is 0. The number of methoxy groups -OCH3 is 2. The molecule has 0 aliphatic carbocycles. The van der Waals surface area contributed by atoms with Gasteiger partial charge in [0.25, 0.3) is 0 Å². The zero-order valence-corrected chi connectivity index (χ0v) is 8.54. The van der Waals surface area contributed by atoms with Gasteiger partial charge < -0.3 is 9.47 Å². The van der Waals surface area contributed by atoms with Gasteiger partial charge in [-0.25, -0.2) is 0 Å². The largest absolute Gasteiger partial charge is 0.497 e. The van der Waals surface area contributed by atoms with Crippen LogP contribution in [0.3, 0.4) is 0 Å². The second-order valence-corrected chi connectivity index (χ2v) is 3.19. The van der Waals surface area contributed by atoms with Crippen LogP contribution in [0.15, 0.2) is 24.3 Å². The lowest BCUT2D eigenvalue weighted by Crippen LogP contribution is -2.05. The second kappa shape index (κ2) is 5.10. The third-order valence-electron chi connectivity index (χ3n) is 1.79. The summed E-state index contributed by atoms with van der Waals surface area (Å²) in [5.41, 5.74) is 0.841. The Bertz CT molecular complexity index is 263. The van der Waals surface area contributed by atoms with Gasteiger partial charge in [-0.15, -0.1) is 0 Å². The highest BCUT2D eigenvalue weighted by atomic mass is 35.5. The lowest BCUT2D eigenvalue weighted by atomic mass is 10.1. The summed E-state index contributed by atoms with van der Waals surface area (Å²) in [5.74, 6) is 0.845. The predicted molar refractivity (Wildman–Crippen MR) is 53.3 cm³/mol. The molecule has 72 valence electrons. The minimum atomic E-state index is -0.271. The first-order chi connectivity index (χ1) is 6.26. The molecule has 0 aromatic heterocycles. The first kappa shape index (κ1) is 10.4. The van der Waals surface area contributed by atoms with Crippen LogP contribution in [0, 0.1) is 0 Å². The van der Waals surface area contributed by atoms with Crippen molar-refractivity contribution < 1.29 is 9.47 Å². The molecule has 0 heterocycles. The van der Waals surface area contributed by atoms with Gasteiger partial charge in [-0.05, 0) is 17.7 Å². The van der Waals surface area contributed by atoms with Crippen molar-refractivity contribution in [2.75, 3.05) is 14.2 Å². The molecule has 1 aromatic rings. The maximum absolute atomic E-state index is 5.83. The molecule has 0 bridgehead atoms. The molecular formula is C10H13ClO2. The lowest BCUT2D eigenvalue weighted by molar-refractivity contribution is 0.167. The molecule has 0 fully saturated rings. The van der Waals surface area contributed by atoms with Gasteiger partial charge in [0.05, 0.1) is 7.11 Å². The van der Waals surface area contributed by atoms with E-state index in [1.54, 1.807) is 14.2 Å². The van der Waals surface area contributed by atoms with E-state index in [1.165, 1.54) is 0 Å². The number of rotatable bonds is 4. The summed E-state index contributed by atoms with van der Waals surface area (Å²) >= 11 is 5.83. The summed E-state index contributed by atoms with van der Waals surface area (Å²) in [4.78, 5) is 0. The van der Waals surface area contributed by atoms with E-state index >= 15 is 0 Å². The average Bonchev–Trinajstić information content (AvgIpc) is 2.18. The fraction of sp³-hybridized carbons (Fsp3) is 0.400. The summed E-state index contributed by atoms with van der Waals surface area (Å²) in [6, 6.07) is 7.79. The van der Waals surface area contributed by atoms with Gasteiger partial charge in [-0.3, -0.25) is 0 Å². The number of hydrogen-bond acceptors (Lipinski definition) is 2. The predicted octanol–water partition coefficient (Wildman–Crippen LogP) is 2.45. The molecule has 0 aliphatic heterocycles. The van der Waals surface area contributed by atoms with Gasteiger partial charge >= 0.3 is 0 Å². The molecule has 1 rings (SSSR count). The van der Waals surface area contributed by atoms with Gasteiger partial charge in [0.2, 0.25) is 0 Å². The molecule has 0 N–H and O–H groups in total. The fourth-order valence-electron chi connectivity index (χ4n) is 1.07. The maximum atomic E-state index is 5.83. The van der Waals surface area contributed by atoms with Crippen molar-refractivity contribution in [1.29, 1.82) is 0 Å². The van der Waals surface area contributed by atoms with Gasteiger partial charge in [0, 0.05) is 13.5 Å². The van der Waals surface area contributed by atoms with Crippen molar-refractivity contribution in [2.24, 2.45) is 0 Å². The third-order valence-corrected chi connectivity index (χ3v) is 2.12. The topological polar surface area (TPSA) is 18.5 Å². The van der Waals surface area contributed by atoms with Gasteiger partial charge in [0.15, 0.2) is 0 Å². The summed E-state index contributed by atoms with van der Waals surface area (Å²) < 4.78 is 10.0. The van der Waals surface area contributed by atoms with Gasteiger partial charge in [-0.2, -0.15) is 0 Å². The normalized spacial score (nSPS) is 12.5. The Morgan fingerprint density at radius 2 is 2.15 bits per heavy atom. The molecule has 1 unspecified atom stereocenters. The second-order valence-electron chi connectivity index (χ2n) is 2.70. The molecule has 0 radical (unpaired) electrons. The Balaban J connectivity index is 2.66. The molecule has 0 saturated carbocycles. The molecule has 0 spiro atoms. The maximum Gasteiger partial charge on any atom is 0.134 e. The summed E-state index contributed by atoms with van der Waals surface area (Å²) in [5, 5.41) is 0. The smallest absolute Gasteiger partial charge is 0.134 e. The molecule has 13 heavy (non-hydrogen) atoms. The van der Waals surface area contributed by atoms with Crippen molar-refractivity contribution in [2.45, 2.75) is 12.0 Å². The Morgan fingerprint density at radius 3 is 2.77 bits per heavy atom. The summed E-state index contributed by atoms with van der Waals surface area (Å²) in [6.45, 7) is 0. The number of ether oxygens (including phenoxy) is 2. The van der Waals surface area contributed by atoms with E-state index in [-0.39, 0.29) is 5.56 Å². The Kier molecular flexibility index (Phi) is 4.06. The standard InChI is InChI=1S/C10H13ClO2/c1-12-9-5-3-4-8(6-9)7-10(11)13-2/h3-6,10H,7H2,1-2H3. The zero-order valence-electron chi connectivity index (χ0n) is 7.79. The Morgan fingerprint density at radius 1 is 1.38 bits per heavy atom. The molecule has 1 aromatic carbocycles. The third kappa shape index (κ3) is 3.25. The van der Waals surface area contributed by atoms with E-state index in [2.05, 4.69) is 0 Å². The van der Waals surface area contributed by atoms with E-state index in [0.717, 1.165) is 11.3 Å². The van der Waals surface area contributed by atoms with Crippen molar-refractivity contribution in [3.05, 3.63) is 29.8 Å². The Labute approximate surface area is 83.4 Å². The van der Waals surface area contributed by atoms with Crippen LogP contribution in [0.5, 0.6) is 5.75 Å². The Hall–Kier alpha value is -0.730. The fourth-order valence-corrected chi connectivity index (χ4v) is 1.25. The van der Waals surface area contributed by atoms with Crippen LogP contribution in [0.2, 0.25) is 0 Å². The summed E-state index contributed by atoms with van der Waals surface area (Å²) in [6.07, 6.45) is 0.690. The van der Waals surface area contributed by atoms with Gasteiger partial charge in [0.1, 0.15) is 11.3 Å². The van der Waals surface area contributed by atoms with Crippen LogP contribution >= 0.6 is 11.6 Å². The molecule has 0 aliphatic rings. The van der Waals surface area contributed by atoms with Crippen molar-refractivity contribution >= 4 is 11.6 Å². The van der Waals surface area contributed by atoms with Crippen molar-refractivity contribution in [3.63, 3.8) is 0 Å². The van der Waals surface area contributed by atoms with Gasteiger partial charge in [-0.1, -0.05) is 23.7 Å². The van der Waals surface area contributed by atoms with E-state index in [1.807, 2.05) is 24.3 Å². The molecule has 2 nitrogen and oxygen atoms in total. The van der Waals surface area contributed by atoms with Crippen LogP contribution in [-0.4, -0.2) is 19.8 Å². The highest BCUT2D eigenvalue weighted by Gasteiger charge is 2.03. The van der Waals surface area contributed by atoms with Crippen LogP contribution in [0.1, 0.15) is 5.56 Å². The number of benzene rings is 1.